The van der Waals surface area contributed by atoms with Crippen LogP contribution >= 0.6 is 15.9 Å². The summed E-state index contributed by atoms with van der Waals surface area (Å²) in [5.74, 6) is -0.271. The maximum absolute atomic E-state index is 14.4. The van der Waals surface area contributed by atoms with E-state index in [-0.39, 0.29) is 10.6 Å². The molecule has 0 unspecified atom stereocenters. The lowest BCUT2D eigenvalue weighted by Gasteiger charge is -2.13. The van der Waals surface area contributed by atoms with Gasteiger partial charge in [-0.2, -0.15) is 0 Å². The van der Waals surface area contributed by atoms with Crippen LogP contribution in [0, 0.1) is 5.82 Å². The first-order valence-electron chi connectivity index (χ1n) is 8.73. The molecule has 148 valence electrons. The summed E-state index contributed by atoms with van der Waals surface area (Å²) in [7, 11) is -1.86. The molecule has 4 rings (SSSR count). The van der Waals surface area contributed by atoms with Crippen molar-refractivity contribution in [3.05, 3.63) is 77.0 Å². The maximum Gasteiger partial charge on any atom is 0.175 e. The van der Waals surface area contributed by atoms with Crippen LogP contribution in [0.1, 0.15) is 0 Å². The highest BCUT2D eigenvalue weighted by atomic mass is 79.9. The number of hydrogen-bond acceptors (Lipinski definition) is 3. The van der Waals surface area contributed by atoms with E-state index in [2.05, 4.69) is 15.9 Å². The largest absolute Gasteiger partial charge is 0.494 e. The van der Waals surface area contributed by atoms with Gasteiger partial charge < -0.3 is 9.30 Å². The summed E-state index contributed by atoms with van der Waals surface area (Å²) < 4.78 is 45.9. The van der Waals surface area contributed by atoms with Crippen LogP contribution in [0.4, 0.5) is 4.39 Å². The van der Waals surface area contributed by atoms with Gasteiger partial charge in [0.25, 0.3) is 0 Å². The van der Waals surface area contributed by atoms with Crippen LogP contribution in [0.2, 0.25) is 0 Å². The number of sulfone groups is 1. The third-order valence-corrected chi connectivity index (χ3v) is 6.36. The van der Waals surface area contributed by atoms with Gasteiger partial charge in [-0.3, -0.25) is 0 Å². The Balaban J connectivity index is 1.97. The van der Waals surface area contributed by atoms with E-state index in [1.165, 1.54) is 19.4 Å². The Morgan fingerprint density at radius 3 is 2.31 bits per heavy atom. The molecule has 0 bridgehead atoms. The Morgan fingerprint density at radius 2 is 1.69 bits per heavy atom. The fourth-order valence-electron chi connectivity index (χ4n) is 3.34. The summed E-state index contributed by atoms with van der Waals surface area (Å²) in [4.78, 5) is 0.248. The second-order valence-corrected chi connectivity index (χ2v) is 9.61. The summed E-state index contributed by atoms with van der Waals surface area (Å²) in [5.41, 5.74) is 3.17. The van der Waals surface area contributed by atoms with E-state index in [1.807, 2.05) is 28.8 Å². The van der Waals surface area contributed by atoms with Gasteiger partial charge in [-0.05, 0) is 66.7 Å². The van der Waals surface area contributed by atoms with Gasteiger partial charge in [0, 0.05) is 27.4 Å². The van der Waals surface area contributed by atoms with E-state index in [0.29, 0.717) is 5.56 Å². The highest BCUT2D eigenvalue weighted by molar-refractivity contribution is 9.10. The van der Waals surface area contributed by atoms with E-state index >= 15 is 0 Å². The molecule has 0 aliphatic rings. The van der Waals surface area contributed by atoms with Crippen molar-refractivity contribution in [2.75, 3.05) is 13.4 Å². The van der Waals surface area contributed by atoms with E-state index in [4.69, 9.17) is 4.74 Å². The van der Waals surface area contributed by atoms with Crippen LogP contribution < -0.4 is 4.74 Å². The SMILES string of the molecule is COc1ccc(-c2cc3cc(Br)ccc3n2-c2ccc(S(C)(=O)=O)cc2)cc1F. The third-order valence-electron chi connectivity index (χ3n) is 4.73. The van der Waals surface area contributed by atoms with Gasteiger partial charge in [0.05, 0.1) is 23.2 Å². The number of fused-ring (bicyclic) bond motifs is 1. The molecule has 4 aromatic rings. The molecule has 0 aliphatic heterocycles. The highest BCUT2D eigenvalue weighted by Gasteiger charge is 2.16. The van der Waals surface area contributed by atoms with Crippen LogP contribution in [0.3, 0.4) is 0 Å². The molecule has 1 heterocycles. The van der Waals surface area contributed by atoms with Crippen molar-refractivity contribution in [1.82, 2.24) is 4.57 Å². The van der Waals surface area contributed by atoms with Gasteiger partial charge in [0.15, 0.2) is 21.4 Å². The van der Waals surface area contributed by atoms with E-state index in [9.17, 15) is 12.8 Å². The molecule has 0 fully saturated rings. The summed E-state index contributed by atoms with van der Waals surface area (Å²) in [6.07, 6.45) is 1.18. The fraction of sp³-hybridized carbons (Fsp3) is 0.0909. The van der Waals surface area contributed by atoms with Crippen molar-refractivity contribution < 1.29 is 17.5 Å². The van der Waals surface area contributed by atoms with E-state index in [0.717, 1.165) is 26.8 Å². The fourth-order valence-corrected chi connectivity index (χ4v) is 4.35. The van der Waals surface area contributed by atoms with Gasteiger partial charge in [-0.15, -0.1) is 0 Å². The molecule has 0 atom stereocenters. The summed E-state index contributed by atoms with van der Waals surface area (Å²) in [6, 6.07) is 19.3. The second kappa shape index (κ2) is 7.31. The van der Waals surface area contributed by atoms with Crippen LogP contribution in [0.15, 0.2) is 76.1 Å². The molecule has 7 heteroatoms. The zero-order valence-corrected chi connectivity index (χ0v) is 18.1. The molecule has 3 aromatic carbocycles. The first-order chi connectivity index (χ1) is 13.8. The normalized spacial score (nSPS) is 11.7. The molecule has 4 nitrogen and oxygen atoms in total. The standard InChI is InChI=1S/C22H17BrFNO3S/c1-28-22-10-3-14(12-19(22)24)21-13-15-11-16(23)4-9-20(15)25(21)17-5-7-18(8-6-17)29(2,26)27/h3-13H,1-2H3. The summed E-state index contributed by atoms with van der Waals surface area (Å²) >= 11 is 3.49. The Bertz CT molecular complexity index is 1330. The van der Waals surface area contributed by atoms with Gasteiger partial charge in [-0.25, -0.2) is 12.8 Å². The number of hydrogen-bond donors (Lipinski definition) is 0. The number of halogens is 2. The number of rotatable bonds is 4. The highest BCUT2D eigenvalue weighted by Crippen LogP contribution is 2.34. The van der Waals surface area contributed by atoms with E-state index in [1.54, 1.807) is 36.4 Å². The first kappa shape index (κ1) is 19.7. The monoisotopic (exact) mass is 473 g/mol. The molecule has 0 radical (unpaired) electrons. The molecule has 0 spiro atoms. The molecular weight excluding hydrogens is 457 g/mol. The van der Waals surface area contributed by atoms with Crippen molar-refractivity contribution in [3.8, 4) is 22.7 Å². The minimum absolute atomic E-state index is 0.177. The smallest absolute Gasteiger partial charge is 0.175 e. The maximum atomic E-state index is 14.4. The van der Waals surface area contributed by atoms with Crippen LogP contribution in [0.25, 0.3) is 27.8 Å². The topological polar surface area (TPSA) is 48.3 Å². The average molecular weight is 474 g/mol. The van der Waals surface area contributed by atoms with Crippen LogP contribution in [-0.2, 0) is 9.84 Å². The van der Waals surface area contributed by atoms with Crippen molar-refractivity contribution in [1.29, 1.82) is 0 Å². The number of methoxy groups -OCH3 is 1. The lowest BCUT2D eigenvalue weighted by Crippen LogP contribution is -2.00. The Kier molecular flexibility index (Phi) is 4.96. The predicted molar refractivity (Wildman–Crippen MR) is 116 cm³/mol. The molecule has 0 saturated heterocycles. The van der Waals surface area contributed by atoms with Gasteiger partial charge in [-0.1, -0.05) is 15.9 Å². The first-order valence-corrected chi connectivity index (χ1v) is 11.4. The lowest BCUT2D eigenvalue weighted by atomic mass is 10.1. The molecule has 29 heavy (non-hydrogen) atoms. The minimum atomic E-state index is -3.29. The van der Waals surface area contributed by atoms with Gasteiger partial charge >= 0.3 is 0 Å². The third kappa shape index (κ3) is 3.68. The number of benzene rings is 3. The molecule has 0 saturated carbocycles. The van der Waals surface area contributed by atoms with Crippen molar-refractivity contribution in [2.45, 2.75) is 4.90 Å². The predicted octanol–water partition coefficient (Wildman–Crippen LogP) is 5.61. The van der Waals surface area contributed by atoms with Crippen LogP contribution in [0.5, 0.6) is 5.75 Å². The number of ether oxygens (including phenoxy) is 1. The average Bonchev–Trinajstić information content (AvgIpc) is 3.05. The van der Waals surface area contributed by atoms with E-state index < -0.39 is 15.7 Å². The van der Waals surface area contributed by atoms with Crippen molar-refractivity contribution in [2.24, 2.45) is 0 Å². The zero-order valence-electron chi connectivity index (χ0n) is 15.7. The van der Waals surface area contributed by atoms with Gasteiger partial charge in [0.2, 0.25) is 0 Å². The summed E-state index contributed by atoms with van der Waals surface area (Å²) in [6.45, 7) is 0. The van der Waals surface area contributed by atoms with Crippen molar-refractivity contribution >= 4 is 36.7 Å². The number of aromatic nitrogens is 1. The molecule has 0 aliphatic carbocycles. The lowest BCUT2D eigenvalue weighted by molar-refractivity contribution is 0.386. The van der Waals surface area contributed by atoms with Crippen molar-refractivity contribution in [3.63, 3.8) is 0 Å². The zero-order chi connectivity index (χ0) is 20.8. The molecule has 0 N–H and O–H groups in total. The molecule has 0 amide bonds. The Labute approximate surface area is 176 Å². The van der Waals surface area contributed by atoms with Crippen LogP contribution in [-0.4, -0.2) is 26.4 Å². The quantitative estimate of drug-likeness (QED) is 0.386. The minimum Gasteiger partial charge on any atom is -0.494 e. The number of nitrogens with zero attached hydrogens (tertiary/aromatic N) is 1. The second-order valence-electron chi connectivity index (χ2n) is 6.68. The summed E-state index contributed by atoms with van der Waals surface area (Å²) in [5, 5.41) is 0.970. The molecular formula is C22H17BrFNO3S. The molecule has 1 aromatic heterocycles. The Morgan fingerprint density at radius 1 is 0.966 bits per heavy atom. The van der Waals surface area contributed by atoms with Gasteiger partial charge in [0.1, 0.15) is 0 Å². The Hall–Kier alpha value is -2.64.